The van der Waals surface area contributed by atoms with Crippen molar-refractivity contribution in [3.63, 3.8) is 0 Å². The van der Waals surface area contributed by atoms with E-state index in [1.165, 1.54) is 12.8 Å². The molecule has 5 atom stereocenters. The van der Waals surface area contributed by atoms with Crippen LogP contribution in [0.25, 0.3) is 0 Å². The summed E-state index contributed by atoms with van der Waals surface area (Å²) in [5.41, 5.74) is 0.548. The molecule has 14 heavy (non-hydrogen) atoms. The summed E-state index contributed by atoms with van der Waals surface area (Å²) >= 11 is 0. The highest BCUT2D eigenvalue weighted by molar-refractivity contribution is 5.06. The highest BCUT2D eigenvalue weighted by Gasteiger charge is 2.58. The second kappa shape index (κ2) is 2.73. The molecule has 0 amide bonds. The first kappa shape index (κ1) is 9.17. The van der Waals surface area contributed by atoms with Gasteiger partial charge in [-0.05, 0) is 41.9 Å². The number of ether oxygens (including phenoxy) is 1. The van der Waals surface area contributed by atoms with E-state index in [4.69, 9.17) is 4.74 Å². The maximum atomic E-state index is 9.46. The van der Waals surface area contributed by atoms with E-state index in [0.29, 0.717) is 5.41 Å². The lowest BCUT2D eigenvalue weighted by Gasteiger charge is -2.63. The van der Waals surface area contributed by atoms with Crippen LogP contribution in [0.3, 0.4) is 0 Å². The SMILES string of the molecule is CC1(C)C2CC3CC(O)OC[C@@H]3C1C2. The Morgan fingerprint density at radius 3 is 2.71 bits per heavy atom. The molecule has 1 N–H and O–H groups in total. The Morgan fingerprint density at radius 2 is 2.00 bits per heavy atom. The third kappa shape index (κ3) is 1.04. The molecule has 1 saturated heterocycles. The van der Waals surface area contributed by atoms with Crippen molar-refractivity contribution in [2.45, 2.75) is 39.4 Å². The molecule has 0 aromatic carbocycles. The van der Waals surface area contributed by atoms with E-state index in [1.807, 2.05) is 0 Å². The molecule has 0 spiro atoms. The smallest absolute Gasteiger partial charge is 0.154 e. The van der Waals surface area contributed by atoms with Gasteiger partial charge in [-0.15, -0.1) is 0 Å². The average Bonchev–Trinajstić information content (AvgIpc) is 2.16. The van der Waals surface area contributed by atoms with Gasteiger partial charge in [-0.1, -0.05) is 13.8 Å². The highest BCUT2D eigenvalue weighted by Crippen LogP contribution is 2.64. The van der Waals surface area contributed by atoms with Crippen molar-refractivity contribution in [2.75, 3.05) is 6.61 Å². The van der Waals surface area contributed by atoms with Crippen LogP contribution in [0.5, 0.6) is 0 Å². The van der Waals surface area contributed by atoms with Crippen molar-refractivity contribution in [3.8, 4) is 0 Å². The monoisotopic (exact) mass is 196 g/mol. The van der Waals surface area contributed by atoms with Crippen molar-refractivity contribution >= 4 is 0 Å². The van der Waals surface area contributed by atoms with Gasteiger partial charge >= 0.3 is 0 Å². The molecule has 0 radical (unpaired) electrons. The minimum Gasteiger partial charge on any atom is -0.368 e. The number of hydrogen-bond acceptors (Lipinski definition) is 2. The Hall–Kier alpha value is -0.0800. The zero-order chi connectivity index (χ0) is 9.92. The van der Waals surface area contributed by atoms with Crippen LogP contribution >= 0.6 is 0 Å². The highest BCUT2D eigenvalue weighted by atomic mass is 16.6. The van der Waals surface area contributed by atoms with E-state index in [1.54, 1.807) is 0 Å². The Bertz CT molecular complexity index is 249. The lowest BCUT2D eigenvalue weighted by atomic mass is 9.43. The summed E-state index contributed by atoms with van der Waals surface area (Å²) in [6, 6.07) is 0. The summed E-state index contributed by atoms with van der Waals surface area (Å²) in [6.45, 7) is 5.62. The predicted molar refractivity (Wildman–Crippen MR) is 53.6 cm³/mol. The van der Waals surface area contributed by atoms with Crippen LogP contribution in [0.1, 0.15) is 33.1 Å². The molecule has 4 unspecified atom stereocenters. The van der Waals surface area contributed by atoms with E-state index in [0.717, 1.165) is 36.7 Å². The van der Waals surface area contributed by atoms with E-state index in [9.17, 15) is 5.11 Å². The fourth-order valence-corrected chi connectivity index (χ4v) is 4.12. The summed E-state index contributed by atoms with van der Waals surface area (Å²) in [6.07, 6.45) is 3.15. The molecule has 1 aliphatic heterocycles. The predicted octanol–water partition coefficient (Wildman–Crippen LogP) is 2.02. The zero-order valence-corrected chi connectivity index (χ0v) is 9.07. The largest absolute Gasteiger partial charge is 0.368 e. The molecule has 2 heteroatoms. The van der Waals surface area contributed by atoms with Crippen LogP contribution in [0.4, 0.5) is 0 Å². The number of aliphatic hydroxyl groups is 1. The van der Waals surface area contributed by atoms with Crippen LogP contribution in [-0.2, 0) is 4.74 Å². The van der Waals surface area contributed by atoms with Crippen LogP contribution in [0.2, 0.25) is 0 Å². The average molecular weight is 196 g/mol. The molecule has 4 fully saturated rings. The Balaban J connectivity index is 1.79. The molecular formula is C12H20O2. The van der Waals surface area contributed by atoms with Gasteiger partial charge in [0.25, 0.3) is 0 Å². The van der Waals surface area contributed by atoms with E-state index >= 15 is 0 Å². The van der Waals surface area contributed by atoms with Crippen molar-refractivity contribution in [1.29, 1.82) is 0 Å². The quantitative estimate of drug-likeness (QED) is 0.642. The summed E-state index contributed by atoms with van der Waals surface area (Å²) in [7, 11) is 0. The van der Waals surface area contributed by atoms with Gasteiger partial charge in [0.05, 0.1) is 6.61 Å². The standard InChI is InChI=1S/C12H20O2/c1-12(2)8-3-7-4-11(13)14-6-9(7)10(12)5-8/h7-11,13H,3-6H2,1-2H3/t7?,8?,9-,10?,11?/m0/s1. The van der Waals surface area contributed by atoms with Crippen LogP contribution in [-0.4, -0.2) is 18.0 Å². The molecule has 2 nitrogen and oxygen atoms in total. The van der Waals surface area contributed by atoms with Crippen molar-refractivity contribution in [1.82, 2.24) is 0 Å². The molecule has 2 bridgehead atoms. The second-order valence-corrected chi connectivity index (χ2v) is 6.04. The van der Waals surface area contributed by atoms with Crippen LogP contribution in [0.15, 0.2) is 0 Å². The van der Waals surface area contributed by atoms with E-state index in [-0.39, 0.29) is 0 Å². The summed E-state index contributed by atoms with van der Waals surface area (Å²) < 4.78 is 5.39. The van der Waals surface area contributed by atoms with Gasteiger partial charge in [0, 0.05) is 6.42 Å². The van der Waals surface area contributed by atoms with Gasteiger partial charge in [-0.25, -0.2) is 0 Å². The maximum absolute atomic E-state index is 9.46. The zero-order valence-electron chi connectivity index (χ0n) is 9.07. The molecule has 4 rings (SSSR count). The second-order valence-electron chi connectivity index (χ2n) is 6.04. The van der Waals surface area contributed by atoms with Gasteiger partial charge in [-0.2, -0.15) is 0 Å². The fourth-order valence-electron chi connectivity index (χ4n) is 4.12. The maximum Gasteiger partial charge on any atom is 0.154 e. The van der Waals surface area contributed by atoms with E-state index in [2.05, 4.69) is 13.8 Å². The first-order valence-electron chi connectivity index (χ1n) is 5.88. The Kier molecular flexibility index (Phi) is 1.79. The Labute approximate surface area is 85.6 Å². The molecule has 0 aromatic rings. The topological polar surface area (TPSA) is 29.5 Å². The van der Waals surface area contributed by atoms with Gasteiger partial charge in [0.2, 0.25) is 0 Å². The molecule has 3 saturated carbocycles. The van der Waals surface area contributed by atoms with Gasteiger partial charge in [-0.3, -0.25) is 0 Å². The summed E-state index contributed by atoms with van der Waals surface area (Å²) in [5.74, 6) is 3.26. The summed E-state index contributed by atoms with van der Waals surface area (Å²) in [4.78, 5) is 0. The first-order chi connectivity index (χ1) is 6.59. The Morgan fingerprint density at radius 1 is 1.21 bits per heavy atom. The fraction of sp³-hybridized carbons (Fsp3) is 1.00. The minimum absolute atomic E-state index is 0.475. The first-order valence-corrected chi connectivity index (χ1v) is 5.88. The number of hydrogen-bond donors (Lipinski definition) is 1. The third-order valence-corrected chi connectivity index (χ3v) is 5.24. The molecule has 3 aliphatic carbocycles. The van der Waals surface area contributed by atoms with Crippen molar-refractivity contribution in [2.24, 2.45) is 29.1 Å². The molecule has 1 heterocycles. The molecule has 80 valence electrons. The third-order valence-electron chi connectivity index (χ3n) is 5.24. The molecule has 4 aliphatic rings. The van der Waals surface area contributed by atoms with E-state index < -0.39 is 6.29 Å². The van der Waals surface area contributed by atoms with Gasteiger partial charge < -0.3 is 9.84 Å². The molecular weight excluding hydrogens is 176 g/mol. The lowest BCUT2D eigenvalue weighted by molar-refractivity contribution is -0.229. The number of aliphatic hydroxyl groups excluding tert-OH is 1. The summed E-state index contributed by atoms with van der Waals surface area (Å²) in [5, 5.41) is 9.46. The molecule has 0 aromatic heterocycles. The van der Waals surface area contributed by atoms with Crippen LogP contribution < -0.4 is 0 Å². The van der Waals surface area contributed by atoms with Crippen molar-refractivity contribution in [3.05, 3.63) is 0 Å². The van der Waals surface area contributed by atoms with Gasteiger partial charge in [0.15, 0.2) is 6.29 Å². The van der Waals surface area contributed by atoms with Gasteiger partial charge in [0.1, 0.15) is 0 Å². The van der Waals surface area contributed by atoms with Crippen LogP contribution in [0, 0.1) is 29.1 Å². The minimum atomic E-state index is -0.475. The number of rotatable bonds is 0. The lowest BCUT2D eigenvalue weighted by Crippen LogP contribution is -2.58. The van der Waals surface area contributed by atoms with Crippen molar-refractivity contribution < 1.29 is 9.84 Å². The normalized spacial score (nSPS) is 54.6.